The van der Waals surface area contributed by atoms with Crippen molar-refractivity contribution in [1.82, 2.24) is 0 Å². The van der Waals surface area contributed by atoms with Crippen molar-refractivity contribution in [2.45, 2.75) is 0 Å². The lowest BCUT2D eigenvalue weighted by atomic mass is 10.2. The Labute approximate surface area is 73.1 Å². The van der Waals surface area contributed by atoms with Gasteiger partial charge in [-0.2, -0.15) is 0 Å². The first-order valence-electron chi connectivity index (χ1n) is 2.81. The Bertz CT molecular complexity index is 258. The first kappa shape index (κ1) is 7.53. The molecule has 0 aliphatic heterocycles. The molecule has 0 amide bonds. The Kier molecular flexibility index (Phi) is 2.26. The molecular formula is C7H7IN2. The number of hydrogen-bond donors (Lipinski definition) is 2. The van der Waals surface area contributed by atoms with Crippen molar-refractivity contribution in [2.24, 2.45) is 0 Å². The van der Waals surface area contributed by atoms with E-state index in [1.165, 1.54) is 0 Å². The fourth-order valence-electron chi connectivity index (χ4n) is 0.697. The first-order chi connectivity index (χ1) is 4.72. The van der Waals surface area contributed by atoms with Crippen LogP contribution in [0, 0.1) is 5.41 Å². The standard InChI is InChI=1S/C7H7IN2/c8-7(10)5-3-1-2-4-6(5)9/h1-4,10H,9H2. The molecule has 3 heteroatoms. The maximum atomic E-state index is 7.28. The van der Waals surface area contributed by atoms with Crippen molar-refractivity contribution in [3.8, 4) is 0 Å². The summed E-state index contributed by atoms with van der Waals surface area (Å²) in [5, 5.41) is 7.28. The molecule has 0 saturated heterocycles. The van der Waals surface area contributed by atoms with Crippen molar-refractivity contribution in [3.63, 3.8) is 0 Å². The highest BCUT2D eigenvalue weighted by Gasteiger charge is 1.98. The number of para-hydroxylation sites is 1. The van der Waals surface area contributed by atoms with Crippen molar-refractivity contribution in [2.75, 3.05) is 5.73 Å². The molecule has 1 rings (SSSR count). The lowest BCUT2D eigenvalue weighted by molar-refractivity contribution is 1.53. The number of nitrogens with one attached hydrogen (secondary N) is 1. The minimum Gasteiger partial charge on any atom is -0.398 e. The number of nitrogen functional groups attached to an aromatic ring is 1. The van der Waals surface area contributed by atoms with Gasteiger partial charge in [0.25, 0.3) is 0 Å². The SMILES string of the molecule is N=C(I)c1ccccc1N. The quantitative estimate of drug-likeness (QED) is 0.444. The molecule has 10 heavy (non-hydrogen) atoms. The van der Waals surface area contributed by atoms with Crippen LogP contribution in [0.15, 0.2) is 24.3 Å². The van der Waals surface area contributed by atoms with E-state index in [0.29, 0.717) is 9.41 Å². The van der Waals surface area contributed by atoms with Gasteiger partial charge in [-0.05, 0) is 28.7 Å². The topological polar surface area (TPSA) is 49.9 Å². The summed E-state index contributed by atoms with van der Waals surface area (Å²) >= 11 is 1.94. The van der Waals surface area contributed by atoms with Gasteiger partial charge in [0.1, 0.15) is 3.72 Å². The predicted molar refractivity (Wildman–Crippen MR) is 51.7 cm³/mol. The summed E-state index contributed by atoms with van der Waals surface area (Å²) < 4.78 is 0.482. The van der Waals surface area contributed by atoms with Crippen LogP contribution >= 0.6 is 22.6 Å². The minimum atomic E-state index is 0.482. The van der Waals surface area contributed by atoms with Crippen molar-refractivity contribution in [3.05, 3.63) is 29.8 Å². The Balaban J connectivity index is 3.15. The van der Waals surface area contributed by atoms with E-state index in [-0.39, 0.29) is 0 Å². The van der Waals surface area contributed by atoms with Crippen LogP contribution in [0.5, 0.6) is 0 Å². The predicted octanol–water partition coefficient (Wildman–Crippen LogP) is 2.03. The van der Waals surface area contributed by atoms with Gasteiger partial charge < -0.3 is 5.73 Å². The van der Waals surface area contributed by atoms with E-state index in [1.54, 1.807) is 6.07 Å². The second kappa shape index (κ2) is 3.01. The van der Waals surface area contributed by atoms with Crippen LogP contribution < -0.4 is 5.73 Å². The Morgan fingerprint density at radius 3 is 2.40 bits per heavy atom. The first-order valence-corrected chi connectivity index (χ1v) is 3.88. The number of rotatable bonds is 1. The van der Waals surface area contributed by atoms with E-state index in [2.05, 4.69) is 0 Å². The molecule has 0 atom stereocenters. The van der Waals surface area contributed by atoms with Crippen LogP contribution in [0.25, 0.3) is 0 Å². The average Bonchev–Trinajstić information content (AvgIpc) is 1.88. The monoisotopic (exact) mass is 246 g/mol. The third-order valence-corrected chi connectivity index (χ3v) is 1.78. The molecule has 0 aliphatic rings. The van der Waals surface area contributed by atoms with Crippen LogP contribution in [-0.2, 0) is 0 Å². The summed E-state index contributed by atoms with van der Waals surface area (Å²) in [5.41, 5.74) is 7.05. The van der Waals surface area contributed by atoms with Gasteiger partial charge in [-0.1, -0.05) is 18.2 Å². The number of anilines is 1. The second-order valence-electron chi connectivity index (χ2n) is 1.90. The number of benzene rings is 1. The largest absolute Gasteiger partial charge is 0.398 e. The highest BCUT2D eigenvalue weighted by Crippen LogP contribution is 2.13. The molecular weight excluding hydrogens is 239 g/mol. The van der Waals surface area contributed by atoms with Gasteiger partial charge in [-0.3, -0.25) is 5.41 Å². The third kappa shape index (κ3) is 1.47. The lowest BCUT2D eigenvalue weighted by Crippen LogP contribution is -1.95. The number of hydrogen-bond acceptors (Lipinski definition) is 2. The summed E-state index contributed by atoms with van der Waals surface area (Å²) in [6, 6.07) is 7.37. The third-order valence-electron chi connectivity index (χ3n) is 1.20. The normalized spacial score (nSPS) is 9.30. The van der Waals surface area contributed by atoms with E-state index < -0.39 is 0 Å². The summed E-state index contributed by atoms with van der Waals surface area (Å²) in [6.45, 7) is 0. The van der Waals surface area contributed by atoms with E-state index in [0.717, 1.165) is 5.56 Å². The highest BCUT2D eigenvalue weighted by molar-refractivity contribution is 14.1. The van der Waals surface area contributed by atoms with Crippen molar-refractivity contribution < 1.29 is 0 Å². The summed E-state index contributed by atoms with van der Waals surface area (Å²) in [6.07, 6.45) is 0. The van der Waals surface area contributed by atoms with Crippen LogP contribution in [0.1, 0.15) is 5.56 Å². The number of halogens is 1. The van der Waals surface area contributed by atoms with E-state index in [9.17, 15) is 0 Å². The lowest BCUT2D eigenvalue weighted by Gasteiger charge is -1.99. The van der Waals surface area contributed by atoms with Crippen LogP contribution in [0.2, 0.25) is 0 Å². The zero-order chi connectivity index (χ0) is 7.56. The zero-order valence-electron chi connectivity index (χ0n) is 5.26. The second-order valence-corrected chi connectivity index (χ2v) is 2.98. The van der Waals surface area contributed by atoms with E-state index in [1.807, 2.05) is 40.8 Å². The van der Waals surface area contributed by atoms with Crippen molar-refractivity contribution in [1.29, 1.82) is 5.41 Å². The Morgan fingerprint density at radius 1 is 1.40 bits per heavy atom. The summed E-state index contributed by atoms with van der Waals surface area (Å²) in [4.78, 5) is 0. The Morgan fingerprint density at radius 2 is 2.00 bits per heavy atom. The van der Waals surface area contributed by atoms with Gasteiger partial charge in [0.2, 0.25) is 0 Å². The van der Waals surface area contributed by atoms with Gasteiger partial charge in [-0.25, -0.2) is 0 Å². The van der Waals surface area contributed by atoms with Gasteiger partial charge in [0.05, 0.1) is 0 Å². The van der Waals surface area contributed by atoms with Crippen molar-refractivity contribution >= 4 is 32.0 Å². The average molecular weight is 246 g/mol. The maximum Gasteiger partial charge on any atom is 0.101 e. The molecule has 1 aromatic carbocycles. The van der Waals surface area contributed by atoms with Gasteiger partial charge in [0, 0.05) is 11.3 Å². The molecule has 0 spiro atoms. The molecule has 1 aromatic rings. The highest BCUT2D eigenvalue weighted by atomic mass is 127. The van der Waals surface area contributed by atoms with Gasteiger partial charge in [0.15, 0.2) is 0 Å². The molecule has 0 aliphatic carbocycles. The molecule has 2 nitrogen and oxygen atoms in total. The fourth-order valence-corrected chi connectivity index (χ4v) is 1.19. The molecule has 0 heterocycles. The van der Waals surface area contributed by atoms with E-state index in [4.69, 9.17) is 11.1 Å². The molecule has 0 fully saturated rings. The molecule has 3 N–H and O–H groups in total. The summed E-state index contributed by atoms with van der Waals surface area (Å²) in [7, 11) is 0. The molecule has 0 bridgehead atoms. The van der Waals surface area contributed by atoms with Crippen LogP contribution in [0.3, 0.4) is 0 Å². The van der Waals surface area contributed by atoms with Crippen LogP contribution in [-0.4, -0.2) is 3.72 Å². The van der Waals surface area contributed by atoms with Gasteiger partial charge in [-0.15, -0.1) is 0 Å². The molecule has 52 valence electrons. The maximum absolute atomic E-state index is 7.28. The molecule has 0 unspecified atom stereocenters. The zero-order valence-corrected chi connectivity index (χ0v) is 7.42. The Hall–Kier alpha value is -0.580. The van der Waals surface area contributed by atoms with Gasteiger partial charge >= 0.3 is 0 Å². The summed E-state index contributed by atoms with van der Waals surface area (Å²) in [5.74, 6) is 0. The smallest absolute Gasteiger partial charge is 0.101 e. The minimum absolute atomic E-state index is 0.482. The number of nitrogens with two attached hydrogens (primary N) is 1. The van der Waals surface area contributed by atoms with Crippen LogP contribution in [0.4, 0.5) is 5.69 Å². The van der Waals surface area contributed by atoms with E-state index >= 15 is 0 Å². The molecule has 0 saturated carbocycles. The fraction of sp³-hybridized carbons (Fsp3) is 0. The molecule has 0 aromatic heterocycles. The molecule has 0 radical (unpaired) electrons.